The molecule has 1 aromatic carbocycles. The Morgan fingerprint density at radius 1 is 1.20 bits per heavy atom. The Kier molecular flexibility index (Phi) is 7.99. The first-order valence-electron chi connectivity index (χ1n) is 10.4. The summed E-state index contributed by atoms with van der Waals surface area (Å²) in [7, 11) is 0. The van der Waals surface area contributed by atoms with E-state index in [0.717, 1.165) is 42.5 Å². The van der Waals surface area contributed by atoms with Gasteiger partial charge in [0, 0.05) is 5.57 Å². The molecule has 35 heavy (non-hydrogen) atoms. The number of amides is 2. The molecule has 0 atom stereocenters. The summed E-state index contributed by atoms with van der Waals surface area (Å²) >= 11 is 14.0. The van der Waals surface area contributed by atoms with E-state index in [1.54, 1.807) is 16.9 Å². The molecular weight excluding hydrogens is 547 g/mol. The minimum absolute atomic E-state index is 0.195. The lowest BCUT2D eigenvalue weighted by Gasteiger charge is -2.19. The molecule has 4 rings (SSSR count). The van der Waals surface area contributed by atoms with Crippen LogP contribution in [0.4, 0.5) is 22.4 Å². The third-order valence-corrected chi connectivity index (χ3v) is 8.05. The number of benzene rings is 1. The number of aromatic nitrogens is 2. The van der Waals surface area contributed by atoms with Crippen molar-refractivity contribution < 1.29 is 22.4 Å². The number of hydrogen-bond acceptors (Lipinski definition) is 4. The highest BCUT2D eigenvalue weighted by atomic mass is 35.5. The maximum Gasteiger partial charge on any atom is 0.416 e. The van der Waals surface area contributed by atoms with Crippen molar-refractivity contribution in [2.24, 2.45) is 0 Å². The number of fused-ring (bicyclic) bond motifs is 1. The maximum absolute atomic E-state index is 15.2. The molecule has 1 aliphatic rings. The summed E-state index contributed by atoms with van der Waals surface area (Å²) in [5.41, 5.74) is 1.77. The molecule has 2 aromatic heterocycles. The van der Waals surface area contributed by atoms with Gasteiger partial charge in [-0.15, -0.1) is 11.3 Å². The molecule has 13 heteroatoms. The van der Waals surface area contributed by atoms with E-state index in [0.29, 0.717) is 36.8 Å². The Hall–Kier alpha value is -2.21. The highest BCUT2D eigenvalue weighted by Crippen LogP contribution is 2.36. The molecule has 2 N–H and O–H groups in total. The van der Waals surface area contributed by atoms with Crippen LogP contribution in [0.2, 0.25) is 9.36 Å². The second-order valence-electron chi connectivity index (χ2n) is 7.68. The number of urea groups is 1. The first kappa shape index (κ1) is 25.9. The van der Waals surface area contributed by atoms with Gasteiger partial charge in [0.05, 0.1) is 39.8 Å². The Morgan fingerprint density at radius 3 is 2.60 bits per heavy atom. The van der Waals surface area contributed by atoms with Crippen LogP contribution in [0.15, 0.2) is 46.6 Å². The zero-order valence-electron chi connectivity index (χ0n) is 17.9. The SMILES string of the molecule is O=C(NC/C(F)=C1\CCCc2cnn(Cc3ccc(C(F)(F)F)cc3)c21)NSc1cc(Cl)c(Cl)s1. The van der Waals surface area contributed by atoms with E-state index in [-0.39, 0.29) is 13.1 Å². The van der Waals surface area contributed by atoms with Crippen molar-refractivity contribution in [1.29, 1.82) is 0 Å². The molecule has 1 aliphatic carbocycles. The van der Waals surface area contributed by atoms with Crippen LogP contribution in [-0.4, -0.2) is 22.4 Å². The van der Waals surface area contributed by atoms with Gasteiger partial charge < -0.3 is 5.32 Å². The summed E-state index contributed by atoms with van der Waals surface area (Å²) in [5, 5.41) is 7.20. The van der Waals surface area contributed by atoms with E-state index in [1.165, 1.54) is 23.5 Å². The molecule has 0 spiro atoms. The van der Waals surface area contributed by atoms with Crippen LogP contribution in [0.1, 0.15) is 35.2 Å². The van der Waals surface area contributed by atoms with Gasteiger partial charge in [-0.1, -0.05) is 35.3 Å². The first-order valence-corrected chi connectivity index (χ1v) is 12.7. The van der Waals surface area contributed by atoms with Gasteiger partial charge in [-0.05, 0) is 60.5 Å². The molecule has 0 saturated heterocycles. The number of nitrogens with one attached hydrogen (secondary N) is 2. The Labute approximate surface area is 216 Å². The van der Waals surface area contributed by atoms with Crippen LogP contribution in [0.25, 0.3) is 5.57 Å². The van der Waals surface area contributed by atoms with Crippen molar-refractivity contribution in [1.82, 2.24) is 19.8 Å². The van der Waals surface area contributed by atoms with E-state index in [2.05, 4.69) is 15.1 Å². The smallest absolute Gasteiger partial charge is 0.331 e. The summed E-state index contributed by atoms with van der Waals surface area (Å²) in [4.78, 5) is 12.1. The van der Waals surface area contributed by atoms with Crippen LogP contribution >= 0.6 is 46.5 Å². The van der Waals surface area contributed by atoms with Crippen LogP contribution in [0.3, 0.4) is 0 Å². The van der Waals surface area contributed by atoms with E-state index in [4.69, 9.17) is 23.2 Å². The number of alkyl halides is 3. The average Bonchev–Trinajstić information content (AvgIpc) is 3.38. The average molecular weight is 565 g/mol. The minimum Gasteiger partial charge on any atom is -0.331 e. The highest BCUT2D eigenvalue weighted by molar-refractivity contribution is 7.99. The quantitative estimate of drug-likeness (QED) is 0.243. The van der Waals surface area contributed by atoms with E-state index in [1.807, 2.05) is 0 Å². The van der Waals surface area contributed by atoms with Crippen molar-refractivity contribution >= 4 is 58.1 Å². The number of halogens is 6. The molecule has 5 nitrogen and oxygen atoms in total. The van der Waals surface area contributed by atoms with E-state index in [9.17, 15) is 18.0 Å². The van der Waals surface area contributed by atoms with E-state index < -0.39 is 23.6 Å². The summed E-state index contributed by atoms with van der Waals surface area (Å²) < 4.78 is 58.9. The minimum atomic E-state index is -4.41. The Bertz CT molecular complexity index is 1240. The Morgan fingerprint density at radius 2 is 1.94 bits per heavy atom. The fourth-order valence-corrected chi connectivity index (χ4v) is 5.95. The third-order valence-electron chi connectivity index (χ3n) is 5.29. The summed E-state index contributed by atoms with van der Waals surface area (Å²) in [6.07, 6.45) is -0.856. The van der Waals surface area contributed by atoms with Gasteiger partial charge in [0.1, 0.15) is 10.2 Å². The molecule has 0 bridgehead atoms. The van der Waals surface area contributed by atoms with Crippen molar-refractivity contribution in [3.63, 3.8) is 0 Å². The second kappa shape index (κ2) is 10.8. The first-order chi connectivity index (χ1) is 16.6. The molecule has 0 aliphatic heterocycles. The zero-order valence-corrected chi connectivity index (χ0v) is 21.0. The number of carbonyl (C=O) groups excluding carboxylic acids is 1. The number of nitrogens with zero attached hydrogens (tertiary/aromatic N) is 2. The molecule has 0 unspecified atom stereocenters. The summed E-state index contributed by atoms with van der Waals surface area (Å²) in [6.45, 7) is -0.126. The van der Waals surface area contributed by atoms with Crippen LogP contribution in [0, 0.1) is 0 Å². The molecule has 0 saturated carbocycles. The normalized spacial score (nSPS) is 15.0. The number of allylic oxidation sites excluding steroid dienone is 1. The standard InChI is InChI=1S/C22H18Cl2F4N4OS2/c23-16-8-18(34-20(16)24)35-31-21(33)29-10-17(25)15-3-1-2-13-9-30-32(19(13)15)11-12-4-6-14(7-5-12)22(26,27)28/h4-9H,1-3,10-11H2,(H2,29,31,33)/b17-15-. The van der Waals surface area contributed by atoms with Crippen LogP contribution in [0.5, 0.6) is 0 Å². The molecular formula is C22H18Cl2F4N4OS2. The summed E-state index contributed by atoms with van der Waals surface area (Å²) in [6, 6.07) is 5.83. The third kappa shape index (κ3) is 6.32. The number of aryl methyl sites for hydroxylation is 1. The lowest BCUT2D eigenvalue weighted by atomic mass is 9.92. The topological polar surface area (TPSA) is 59.0 Å². The van der Waals surface area contributed by atoms with Crippen molar-refractivity contribution in [2.75, 3.05) is 6.54 Å². The predicted molar refractivity (Wildman–Crippen MR) is 130 cm³/mol. The number of rotatable bonds is 6. The molecule has 2 heterocycles. The molecule has 186 valence electrons. The lowest BCUT2D eigenvalue weighted by Crippen LogP contribution is -2.32. The molecule has 3 aromatic rings. The van der Waals surface area contributed by atoms with Gasteiger partial charge in [0.15, 0.2) is 0 Å². The molecule has 0 radical (unpaired) electrons. The number of thiophene rings is 1. The molecule has 0 fully saturated rings. The van der Waals surface area contributed by atoms with Gasteiger partial charge in [0.2, 0.25) is 0 Å². The van der Waals surface area contributed by atoms with Crippen LogP contribution < -0.4 is 10.0 Å². The van der Waals surface area contributed by atoms with Gasteiger partial charge in [-0.25, -0.2) is 9.18 Å². The maximum atomic E-state index is 15.2. The lowest BCUT2D eigenvalue weighted by molar-refractivity contribution is -0.137. The number of carbonyl (C=O) groups is 1. The second-order valence-corrected chi connectivity index (χ2v) is 10.8. The predicted octanol–water partition coefficient (Wildman–Crippen LogP) is 7.34. The van der Waals surface area contributed by atoms with Crippen molar-refractivity contribution in [3.8, 4) is 0 Å². The fourth-order valence-electron chi connectivity index (χ4n) is 3.66. The fraction of sp³-hybridized carbons (Fsp3) is 0.273. The van der Waals surface area contributed by atoms with Gasteiger partial charge >= 0.3 is 12.2 Å². The zero-order chi connectivity index (χ0) is 25.2. The van der Waals surface area contributed by atoms with Crippen molar-refractivity contribution in [2.45, 2.75) is 36.2 Å². The molecule has 2 amide bonds. The van der Waals surface area contributed by atoms with E-state index >= 15 is 4.39 Å². The van der Waals surface area contributed by atoms with Gasteiger partial charge in [-0.2, -0.15) is 18.3 Å². The monoisotopic (exact) mass is 564 g/mol. The van der Waals surface area contributed by atoms with Gasteiger partial charge in [-0.3, -0.25) is 9.40 Å². The largest absolute Gasteiger partial charge is 0.416 e. The highest BCUT2D eigenvalue weighted by Gasteiger charge is 2.30. The van der Waals surface area contributed by atoms with Gasteiger partial charge in [0.25, 0.3) is 0 Å². The number of hydrogen-bond donors (Lipinski definition) is 2. The Balaban J connectivity index is 1.43. The summed E-state index contributed by atoms with van der Waals surface area (Å²) in [5.74, 6) is -0.498. The van der Waals surface area contributed by atoms with Crippen molar-refractivity contribution in [3.05, 3.63) is 74.1 Å². The van der Waals surface area contributed by atoms with Crippen LogP contribution in [-0.2, 0) is 19.1 Å².